The van der Waals surface area contributed by atoms with Crippen molar-refractivity contribution < 1.29 is 38.5 Å². The summed E-state index contributed by atoms with van der Waals surface area (Å²) in [6, 6.07) is 25.6. The lowest BCUT2D eigenvalue weighted by Crippen LogP contribution is -2.54. The lowest BCUT2D eigenvalue weighted by molar-refractivity contribution is -0.141. The Morgan fingerprint density at radius 2 is 1.68 bits per heavy atom. The minimum Gasteiger partial charge on any atom is -0.507 e. The maximum atomic E-state index is 14.2. The predicted molar refractivity (Wildman–Crippen MR) is 293 cm³/mol. The van der Waals surface area contributed by atoms with Crippen molar-refractivity contribution in [3.05, 3.63) is 126 Å². The molecule has 19 nitrogen and oxygen atoms in total. The van der Waals surface area contributed by atoms with Crippen LogP contribution in [0.15, 0.2) is 107 Å². The Bertz CT molecular complexity index is 3320. The van der Waals surface area contributed by atoms with E-state index in [-0.39, 0.29) is 79.3 Å². The highest BCUT2D eigenvalue weighted by atomic mass is 32.1. The van der Waals surface area contributed by atoms with E-state index >= 15 is 0 Å². The second kappa shape index (κ2) is 22.4. The van der Waals surface area contributed by atoms with Crippen LogP contribution in [0.3, 0.4) is 0 Å². The predicted octanol–water partition coefficient (Wildman–Crippen LogP) is 7.50. The molecule has 2 bridgehead atoms. The van der Waals surface area contributed by atoms with Gasteiger partial charge in [-0.2, -0.15) is 0 Å². The van der Waals surface area contributed by atoms with Gasteiger partial charge in [0, 0.05) is 80.6 Å². The molecule has 5 N–H and O–H groups in total. The van der Waals surface area contributed by atoms with Crippen LogP contribution in [0.25, 0.3) is 21.7 Å². The van der Waals surface area contributed by atoms with Gasteiger partial charge in [0.2, 0.25) is 17.7 Å². The molecule has 8 heterocycles. The van der Waals surface area contributed by atoms with Crippen LogP contribution in [0.5, 0.6) is 23.3 Å². The Hall–Kier alpha value is -8.28. The molecule has 4 fully saturated rings. The highest BCUT2D eigenvalue weighted by Gasteiger charge is 2.44. The Labute approximate surface area is 455 Å². The van der Waals surface area contributed by atoms with Gasteiger partial charge in [0.05, 0.1) is 45.8 Å². The number of aryl methyl sites for hydroxylation is 1. The van der Waals surface area contributed by atoms with Crippen LogP contribution >= 0.6 is 11.3 Å². The number of likely N-dealkylation sites (tertiary alicyclic amines) is 1. The third-order valence-electron chi connectivity index (χ3n) is 15.1. The number of rotatable bonds is 16. The van der Waals surface area contributed by atoms with Gasteiger partial charge in [0.25, 0.3) is 5.88 Å². The number of amides is 2. The number of nitrogens with zero attached hydrogens (tertiary/aromatic N) is 9. The first-order valence-corrected chi connectivity index (χ1v) is 27.3. The Morgan fingerprint density at radius 1 is 0.897 bits per heavy atom. The molecule has 1 saturated carbocycles. The van der Waals surface area contributed by atoms with E-state index in [2.05, 4.69) is 57.3 Å². The van der Waals surface area contributed by atoms with Gasteiger partial charge in [-0.25, -0.2) is 15.0 Å². The number of aliphatic hydroxyl groups is 1. The van der Waals surface area contributed by atoms with Crippen molar-refractivity contribution in [2.45, 2.75) is 108 Å². The number of carbonyl (C=O) groups excluding carboxylic acids is 2. The fraction of sp³-hybridized carbons (Fsp3) is 0.379. The molecule has 5 aromatic heterocycles. The van der Waals surface area contributed by atoms with Crippen molar-refractivity contribution in [3.63, 3.8) is 0 Å². The first kappa shape index (κ1) is 51.8. The summed E-state index contributed by atoms with van der Waals surface area (Å²) in [6.07, 6.45) is 6.18. The Balaban J connectivity index is 0.627. The van der Waals surface area contributed by atoms with Gasteiger partial charge < -0.3 is 54.7 Å². The van der Waals surface area contributed by atoms with E-state index in [4.69, 9.17) is 24.5 Å². The van der Waals surface area contributed by atoms with Crippen LogP contribution in [-0.2, 0) is 9.59 Å². The number of phenolic OH excluding ortho intramolecular Hbond substituents is 1. The van der Waals surface area contributed by atoms with Crippen LogP contribution in [0.2, 0.25) is 0 Å². The number of fused-ring (bicyclic) bond motifs is 2. The van der Waals surface area contributed by atoms with E-state index in [1.54, 1.807) is 41.8 Å². The number of hydrogen-bond donors (Lipinski definition) is 4. The molecular weight excluding hydrogens is 1010 g/mol. The zero-order chi connectivity index (χ0) is 54.0. The summed E-state index contributed by atoms with van der Waals surface area (Å²) in [4.78, 5) is 48.6. The van der Waals surface area contributed by atoms with Gasteiger partial charge in [-0.1, -0.05) is 56.2 Å². The minimum absolute atomic E-state index is 0.0129. The number of hydrogen-bond acceptors (Lipinski definition) is 18. The molecule has 1 aliphatic carbocycles. The summed E-state index contributed by atoms with van der Waals surface area (Å²) in [6.45, 7) is 9.20. The Morgan fingerprint density at radius 3 is 2.41 bits per heavy atom. The van der Waals surface area contributed by atoms with Crippen molar-refractivity contribution in [1.29, 1.82) is 0 Å². The fourth-order valence-corrected chi connectivity index (χ4v) is 11.9. The van der Waals surface area contributed by atoms with Gasteiger partial charge in [-0.15, -0.1) is 21.5 Å². The van der Waals surface area contributed by atoms with E-state index in [9.17, 15) is 19.8 Å². The van der Waals surface area contributed by atoms with Crippen molar-refractivity contribution in [2.24, 2.45) is 5.92 Å². The number of para-hydroxylation sites is 1. The Kier molecular flexibility index (Phi) is 14.9. The number of ether oxygens (including phenoxy) is 3. The number of phenols is 1. The topological polar surface area (TPSA) is 241 Å². The van der Waals surface area contributed by atoms with Crippen LogP contribution in [0.1, 0.15) is 87.5 Å². The third-order valence-corrected chi connectivity index (χ3v) is 16.1. The number of aromatic hydroxyl groups is 1. The number of nitrogens with two attached hydrogens (primary N) is 1. The highest BCUT2D eigenvalue weighted by molar-refractivity contribution is 7.13. The molecule has 78 heavy (non-hydrogen) atoms. The van der Waals surface area contributed by atoms with Crippen LogP contribution in [-0.4, -0.2) is 120 Å². The molecule has 0 spiro atoms. The van der Waals surface area contributed by atoms with Crippen molar-refractivity contribution in [2.75, 3.05) is 41.8 Å². The normalized spacial score (nSPS) is 21.3. The number of carbonyl (C=O) groups is 2. The summed E-state index contributed by atoms with van der Waals surface area (Å²) in [5.74, 6) is 6.46. The molecule has 4 aliphatic rings. The molecule has 2 aromatic carbocycles. The first-order valence-electron chi connectivity index (χ1n) is 26.4. The van der Waals surface area contributed by atoms with Crippen molar-refractivity contribution >= 4 is 40.3 Å². The molecule has 3 saturated heterocycles. The molecular formula is C58H61N11O8S. The smallest absolute Gasteiger partial charge is 0.255 e. The molecule has 2 unspecified atom stereocenters. The largest absolute Gasteiger partial charge is 0.507 e. The number of anilines is 3. The standard InChI is InChI=1S/C58H61N11O8S/c1-33(2)54(58(73)68-31-42(70)23-49(68)57(72)63-34(3)36-11-13-37(14-12-36)55-35(4)62-32-78-55)51-27-53(66-77-51)74-21-7-8-38-15-18-43(28-61-38)75-44-24-45(25-44)76-52-22-39(19-20-60-52)69-40-16-17-41(69)30-67(29-40)48-26-47(64-65-56(48)59)46-9-5-6-10-50(46)71/h5-6,9-15,18-20,22,26-28,32-34,40-42,44-45,49,54,70-71H,16-17,21,23-25,29-31H2,1-4H3,(H2,59,65)(H,63,72)/t34-,40+,41?,42+,44?,45?,49-,54?/m0/s1. The molecule has 20 heteroatoms. The number of β-amino-alcohol motifs (C(OH)–C–C–N with tert-alkyl or cyclic N) is 1. The number of pyridine rings is 2. The van der Waals surface area contributed by atoms with Crippen molar-refractivity contribution in [1.82, 2.24) is 40.5 Å². The quantitative estimate of drug-likeness (QED) is 0.0685. The molecule has 402 valence electrons. The van der Waals surface area contributed by atoms with Gasteiger partial charge in [-0.3, -0.25) is 9.59 Å². The van der Waals surface area contributed by atoms with Gasteiger partial charge in [0.1, 0.15) is 41.4 Å². The third kappa shape index (κ3) is 11.1. The number of thiazole rings is 1. The van der Waals surface area contributed by atoms with Crippen LogP contribution in [0, 0.1) is 24.7 Å². The van der Waals surface area contributed by atoms with E-state index in [1.807, 2.05) is 100 Å². The zero-order valence-electron chi connectivity index (χ0n) is 43.7. The maximum absolute atomic E-state index is 14.2. The van der Waals surface area contributed by atoms with E-state index in [1.165, 1.54) is 4.90 Å². The monoisotopic (exact) mass is 1070 g/mol. The van der Waals surface area contributed by atoms with Gasteiger partial charge >= 0.3 is 0 Å². The SMILES string of the molecule is Cc1ncsc1-c1ccc([C@H](C)NC(=O)[C@@H]2C[C@@H](O)CN2C(=O)C(c2cc(OCC#Cc3ccc(OC4CC(Oc5cc(N6C7CC[C@@H]6CN(c6cc(-c8ccccc8O)nnc6N)C7)ccn5)C4)cn3)no2)C(C)C)cc1. The van der Waals surface area contributed by atoms with Crippen LogP contribution < -0.4 is 35.1 Å². The molecule has 2 amide bonds. The number of benzene rings is 2. The summed E-state index contributed by atoms with van der Waals surface area (Å²) in [7, 11) is 0. The number of aliphatic hydroxyl groups excluding tert-OH is 1. The molecule has 7 aromatic rings. The minimum atomic E-state index is -0.860. The molecule has 0 radical (unpaired) electrons. The summed E-state index contributed by atoms with van der Waals surface area (Å²) < 4.78 is 24.0. The lowest BCUT2D eigenvalue weighted by Gasteiger charge is -2.43. The highest BCUT2D eigenvalue weighted by Crippen LogP contribution is 2.41. The number of aromatic nitrogens is 6. The van der Waals surface area contributed by atoms with Crippen LogP contribution in [0.4, 0.5) is 17.2 Å². The average Bonchev–Trinajstić information content (AvgIpc) is 4.28. The van der Waals surface area contributed by atoms with Gasteiger partial charge in [-0.05, 0) is 91.2 Å². The average molecular weight is 1070 g/mol. The lowest BCUT2D eigenvalue weighted by atomic mass is 9.91. The first-order chi connectivity index (χ1) is 37.8. The maximum Gasteiger partial charge on any atom is 0.255 e. The zero-order valence-corrected chi connectivity index (χ0v) is 44.5. The van der Waals surface area contributed by atoms with E-state index < -0.39 is 18.1 Å². The second-order valence-electron chi connectivity index (χ2n) is 20.8. The number of nitrogens with one attached hydrogen (secondary N) is 1. The summed E-state index contributed by atoms with van der Waals surface area (Å²) in [5.41, 5.74) is 14.8. The number of piperazine rings is 1. The summed E-state index contributed by atoms with van der Waals surface area (Å²) in [5, 5.41) is 36.8. The van der Waals surface area contributed by atoms with E-state index in [0.29, 0.717) is 53.0 Å². The molecule has 11 rings (SSSR count). The molecule has 6 atom stereocenters. The summed E-state index contributed by atoms with van der Waals surface area (Å²) >= 11 is 1.58. The molecule has 3 aliphatic heterocycles. The van der Waals surface area contributed by atoms with E-state index in [0.717, 1.165) is 59.0 Å². The fourth-order valence-electron chi connectivity index (χ4n) is 11.0. The number of nitrogen functional groups attached to an aromatic ring is 1. The van der Waals surface area contributed by atoms with Crippen molar-refractivity contribution in [3.8, 4) is 56.8 Å². The second-order valence-corrected chi connectivity index (χ2v) is 21.6. The van der Waals surface area contributed by atoms with Gasteiger partial charge in [0.15, 0.2) is 18.2 Å².